The highest BCUT2D eigenvalue weighted by Crippen LogP contribution is 2.34. The molecule has 20 heavy (non-hydrogen) atoms. The first-order chi connectivity index (χ1) is 9.56. The second-order valence-electron chi connectivity index (χ2n) is 5.28. The first-order valence-electron chi connectivity index (χ1n) is 6.48. The molecule has 0 amide bonds. The van der Waals surface area contributed by atoms with Crippen molar-refractivity contribution in [3.8, 4) is 0 Å². The van der Waals surface area contributed by atoms with Gasteiger partial charge in [0.25, 0.3) is 0 Å². The molecular formula is C16H15Br2NO. The second-order valence-corrected chi connectivity index (χ2v) is 7.11. The Morgan fingerprint density at radius 2 is 1.35 bits per heavy atom. The number of halogens is 2. The van der Waals surface area contributed by atoms with Crippen molar-refractivity contribution in [2.24, 2.45) is 0 Å². The molecule has 1 heterocycles. The van der Waals surface area contributed by atoms with Gasteiger partial charge >= 0.3 is 0 Å². The standard InChI is InChI=1S/C16H15Br2NO/c1-16(11-20-16)10-19(14-6-2-12(17)3-7-14)15-8-4-13(18)5-9-15/h2-9H,10-11H2,1H3. The fourth-order valence-electron chi connectivity index (χ4n) is 2.12. The van der Waals surface area contributed by atoms with E-state index in [0.717, 1.165) is 22.1 Å². The molecule has 0 spiro atoms. The number of ether oxygens (including phenoxy) is 1. The fraction of sp³-hybridized carbons (Fsp3) is 0.250. The number of nitrogens with zero attached hydrogens (tertiary/aromatic N) is 1. The minimum atomic E-state index is -0.0276. The van der Waals surface area contributed by atoms with Crippen LogP contribution in [0.15, 0.2) is 57.5 Å². The van der Waals surface area contributed by atoms with E-state index in [-0.39, 0.29) is 5.60 Å². The summed E-state index contributed by atoms with van der Waals surface area (Å²) in [5.41, 5.74) is 2.32. The maximum absolute atomic E-state index is 5.56. The predicted molar refractivity (Wildman–Crippen MR) is 89.6 cm³/mol. The van der Waals surface area contributed by atoms with E-state index < -0.39 is 0 Å². The molecule has 1 fully saturated rings. The maximum atomic E-state index is 5.56. The molecule has 104 valence electrons. The van der Waals surface area contributed by atoms with Crippen molar-refractivity contribution in [3.05, 3.63) is 57.5 Å². The van der Waals surface area contributed by atoms with Crippen molar-refractivity contribution in [3.63, 3.8) is 0 Å². The Labute approximate surface area is 136 Å². The van der Waals surface area contributed by atoms with Gasteiger partial charge in [-0.05, 0) is 55.5 Å². The van der Waals surface area contributed by atoms with Crippen LogP contribution in [0.25, 0.3) is 0 Å². The summed E-state index contributed by atoms with van der Waals surface area (Å²) in [4.78, 5) is 2.30. The molecule has 0 aromatic heterocycles. The van der Waals surface area contributed by atoms with Gasteiger partial charge in [-0.2, -0.15) is 0 Å². The molecule has 2 aromatic carbocycles. The molecule has 1 aliphatic rings. The number of hydrogen-bond acceptors (Lipinski definition) is 2. The Hall–Kier alpha value is -0.840. The molecule has 0 bridgehead atoms. The van der Waals surface area contributed by atoms with Crippen LogP contribution >= 0.6 is 31.9 Å². The molecule has 4 heteroatoms. The van der Waals surface area contributed by atoms with Crippen molar-refractivity contribution < 1.29 is 4.74 Å². The summed E-state index contributed by atoms with van der Waals surface area (Å²) in [6.07, 6.45) is 0. The molecule has 2 nitrogen and oxygen atoms in total. The Morgan fingerprint density at radius 3 is 1.70 bits per heavy atom. The van der Waals surface area contributed by atoms with Crippen LogP contribution in [0.4, 0.5) is 11.4 Å². The van der Waals surface area contributed by atoms with Crippen LogP contribution in [0.5, 0.6) is 0 Å². The zero-order valence-electron chi connectivity index (χ0n) is 11.1. The van der Waals surface area contributed by atoms with Crippen LogP contribution in [-0.2, 0) is 4.74 Å². The molecule has 1 atom stereocenters. The average molecular weight is 397 g/mol. The topological polar surface area (TPSA) is 15.8 Å². The van der Waals surface area contributed by atoms with Gasteiger partial charge in [0.05, 0.1) is 13.2 Å². The van der Waals surface area contributed by atoms with Gasteiger partial charge in [0.1, 0.15) is 5.60 Å². The number of hydrogen-bond donors (Lipinski definition) is 0. The van der Waals surface area contributed by atoms with Gasteiger partial charge in [0.15, 0.2) is 0 Å². The third-order valence-corrected chi connectivity index (χ3v) is 4.46. The number of epoxide rings is 1. The monoisotopic (exact) mass is 395 g/mol. The van der Waals surface area contributed by atoms with E-state index in [1.54, 1.807) is 0 Å². The van der Waals surface area contributed by atoms with E-state index in [1.165, 1.54) is 11.4 Å². The molecule has 3 rings (SSSR count). The molecule has 1 unspecified atom stereocenters. The van der Waals surface area contributed by atoms with Crippen molar-refractivity contribution in [1.29, 1.82) is 0 Å². The Kier molecular flexibility index (Phi) is 3.89. The lowest BCUT2D eigenvalue weighted by Crippen LogP contribution is -2.29. The quantitative estimate of drug-likeness (QED) is 0.665. The summed E-state index contributed by atoms with van der Waals surface area (Å²) in [6, 6.07) is 16.8. The van der Waals surface area contributed by atoms with E-state index in [9.17, 15) is 0 Å². The molecule has 0 saturated carbocycles. The van der Waals surface area contributed by atoms with Crippen LogP contribution in [-0.4, -0.2) is 18.8 Å². The minimum absolute atomic E-state index is 0.0276. The summed E-state index contributed by atoms with van der Waals surface area (Å²) >= 11 is 6.97. The lowest BCUT2D eigenvalue weighted by atomic mass is 10.1. The van der Waals surface area contributed by atoms with E-state index in [1.807, 2.05) is 0 Å². The minimum Gasteiger partial charge on any atom is -0.368 e. The fourth-order valence-corrected chi connectivity index (χ4v) is 2.65. The normalized spacial score (nSPS) is 20.8. The van der Waals surface area contributed by atoms with Gasteiger partial charge in [-0.3, -0.25) is 0 Å². The highest BCUT2D eigenvalue weighted by molar-refractivity contribution is 9.10. The molecule has 1 saturated heterocycles. The average Bonchev–Trinajstić information content (AvgIpc) is 3.17. The van der Waals surface area contributed by atoms with Crippen LogP contribution in [0, 0.1) is 0 Å². The summed E-state index contributed by atoms with van der Waals surface area (Å²) in [6.45, 7) is 3.84. The lowest BCUT2D eigenvalue weighted by Gasteiger charge is -2.27. The van der Waals surface area contributed by atoms with Crippen LogP contribution < -0.4 is 4.90 Å². The van der Waals surface area contributed by atoms with Crippen molar-refractivity contribution >= 4 is 43.2 Å². The first kappa shape index (κ1) is 14.1. The van der Waals surface area contributed by atoms with Crippen LogP contribution in [0.3, 0.4) is 0 Å². The van der Waals surface area contributed by atoms with E-state index >= 15 is 0 Å². The van der Waals surface area contributed by atoms with Crippen molar-refractivity contribution in [2.45, 2.75) is 12.5 Å². The maximum Gasteiger partial charge on any atom is 0.107 e. The molecular weight excluding hydrogens is 382 g/mol. The molecule has 0 radical (unpaired) electrons. The highest BCUT2D eigenvalue weighted by Gasteiger charge is 2.41. The summed E-state index contributed by atoms with van der Waals surface area (Å²) in [5, 5.41) is 0. The van der Waals surface area contributed by atoms with Gasteiger partial charge in [0.2, 0.25) is 0 Å². The number of rotatable bonds is 4. The van der Waals surface area contributed by atoms with E-state index in [0.29, 0.717) is 0 Å². The highest BCUT2D eigenvalue weighted by atomic mass is 79.9. The van der Waals surface area contributed by atoms with Crippen LogP contribution in [0.2, 0.25) is 0 Å². The molecule has 0 aliphatic carbocycles. The Balaban J connectivity index is 1.94. The first-order valence-corrected chi connectivity index (χ1v) is 8.07. The summed E-state index contributed by atoms with van der Waals surface area (Å²) in [5.74, 6) is 0. The van der Waals surface area contributed by atoms with E-state index in [4.69, 9.17) is 4.74 Å². The number of anilines is 2. The van der Waals surface area contributed by atoms with E-state index in [2.05, 4.69) is 92.2 Å². The smallest absolute Gasteiger partial charge is 0.107 e. The SMILES string of the molecule is CC1(CN(c2ccc(Br)cc2)c2ccc(Br)cc2)CO1. The summed E-state index contributed by atoms with van der Waals surface area (Å²) in [7, 11) is 0. The third kappa shape index (κ3) is 3.25. The largest absolute Gasteiger partial charge is 0.368 e. The van der Waals surface area contributed by atoms with Crippen molar-refractivity contribution in [2.75, 3.05) is 18.1 Å². The van der Waals surface area contributed by atoms with Gasteiger partial charge in [-0.25, -0.2) is 0 Å². The number of benzene rings is 2. The lowest BCUT2D eigenvalue weighted by molar-refractivity contribution is 0.329. The van der Waals surface area contributed by atoms with Crippen LogP contribution in [0.1, 0.15) is 6.92 Å². The molecule has 1 aliphatic heterocycles. The Morgan fingerprint density at radius 1 is 0.950 bits per heavy atom. The zero-order valence-corrected chi connectivity index (χ0v) is 14.3. The van der Waals surface area contributed by atoms with Gasteiger partial charge in [-0.1, -0.05) is 31.9 Å². The van der Waals surface area contributed by atoms with Gasteiger partial charge < -0.3 is 9.64 Å². The third-order valence-electron chi connectivity index (χ3n) is 3.41. The second kappa shape index (κ2) is 5.51. The predicted octanol–water partition coefficient (Wildman–Crippen LogP) is 5.14. The van der Waals surface area contributed by atoms with Gasteiger partial charge in [-0.15, -0.1) is 0 Å². The van der Waals surface area contributed by atoms with Gasteiger partial charge in [0, 0.05) is 20.3 Å². The molecule has 2 aromatic rings. The zero-order chi connectivity index (χ0) is 14.2. The summed E-state index contributed by atoms with van der Waals surface area (Å²) < 4.78 is 7.73. The van der Waals surface area contributed by atoms with Crippen molar-refractivity contribution in [1.82, 2.24) is 0 Å². The Bertz CT molecular complexity index is 545. The molecule has 0 N–H and O–H groups in total.